The Morgan fingerprint density at radius 1 is 1.00 bits per heavy atom. The maximum Gasteiger partial charge on any atom is 0.265 e. The minimum Gasteiger partial charge on any atom is -0.351 e. The molecule has 1 saturated heterocycles. The lowest BCUT2D eigenvalue weighted by Gasteiger charge is -2.23. The lowest BCUT2D eigenvalue weighted by molar-refractivity contribution is 0.477. The van der Waals surface area contributed by atoms with E-state index in [9.17, 15) is 21.6 Å². The van der Waals surface area contributed by atoms with Gasteiger partial charge in [0.25, 0.3) is 10.0 Å². The van der Waals surface area contributed by atoms with Gasteiger partial charge in [0.1, 0.15) is 22.3 Å². The molecule has 40 heavy (non-hydrogen) atoms. The number of anilines is 2. The van der Waals surface area contributed by atoms with Gasteiger partial charge in [0.2, 0.25) is 5.95 Å². The molecule has 1 aliphatic rings. The van der Waals surface area contributed by atoms with Crippen LogP contribution < -0.4 is 15.4 Å². The maximum absolute atomic E-state index is 14.8. The Morgan fingerprint density at radius 2 is 1.75 bits per heavy atom. The van der Waals surface area contributed by atoms with Gasteiger partial charge in [-0.2, -0.15) is 0 Å². The number of benzene rings is 2. The molecule has 4 aromatic rings. The normalized spacial score (nSPS) is 14.4. The highest BCUT2D eigenvalue weighted by Gasteiger charge is 2.24. The van der Waals surface area contributed by atoms with Crippen LogP contribution in [-0.2, 0) is 10.0 Å². The number of thiazole rings is 1. The summed E-state index contributed by atoms with van der Waals surface area (Å²) in [6.45, 7) is 5.82. The summed E-state index contributed by atoms with van der Waals surface area (Å²) in [7, 11) is -4.63. The Labute approximate surface area is 234 Å². The van der Waals surface area contributed by atoms with Gasteiger partial charge in [-0.25, -0.2) is 36.5 Å². The molecule has 1 fully saturated rings. The zero-order valence-corrected chi connectivity index (χ0v) is 23.3. The lowest BCUT2D eigenvalue weighted by Crippen LogP contribution is -2.35. The van der Waals surface area contributed by atoms with E-state index in [4.69, 9.17) is 9.97 Å². The minimum atomic E-state index is -4.63. The fraction of sp³-hybridized carbons (Fsp3) is 0.296. The fourth-order valence-electron chi connectivity index (χ4n) is 4.29. The lowest BCUT2D eigenvalue weighted by atomic mass is 10.1. The molecule has 0 unspecified atom stereocenters. The zero-order valence-electron chi connectivity index (χ0n) is 21.7. The highest BCUT2D eigenvalue weighted by molar-refractivity contribution is 7.92. The van der Waals surface area contributed by atoms with Crippen molar-refractivity contribution in [1.29, 1.82) is 0 Å². The smallest absolute Gasteiger partial charge is 0.265 e. The third kappa shape index (κ3) is 6.11. The van der Waals surface area contributed by atoms with Crippen molar-refractivity contribution >= 4 is 33.0 Å². The molecule has 0 saturated carbocycles. The average molecular weight is 589 g/mol. The van der Waals surface area contributed by atoms with E-state index in [0.29, 0.717) is 39.9 Å². The van der Waals surface area contributed by atoms with Crippen LogP contribution in [0.2, 0.25) is 0 Å². The monoisotopic (exact) mass is 588 g/mol. The molecule has 3 N–H and O–H groups in total. The van der Waals surface area contributed by atoms with Crippen LogP contribution in [0.15, 0.2) is 53.6 Å². The molecule has 0 spiro atoms. The molecule has 5 rings (SSSR count). The van der Waals surface area contributed by atoms with Gasteiger partial charge < -0.3 is 10.6 Å². The quantitative estimate of drug-likeness (QED) is 0.240. The van der Waals surface area contributed by atoms with Gasteiger partial charge >= 0.3 is 0 Å². The first kappa shape index (κ1) is 28.0. The molecule has 2 aromatic carbocycles. The van der Waals surface area contributed by atoms with Crippen LogP contribution in [0.3, 0.4) is 0 Å². The first-order valence-corrected chi connectivity index (χ1v) is 15.0. The Bertz CT molecular complexity index is 1640. The van der Waals surface area contributed by atoms with Crippen molar-refractivity contribution in [2.45, 2.75) is 43.5 Å². The third-order valence-corrected chi connectivity index (χ3v) is 9.12. The Kier molecular flexibility index (Phi) is 8.06. The molecule has 0 amide bonds. The summed E-state index contributed by atoms with van der Waals surface area (Å²) in [6, 6.07) is 7.90. The van der Waals surface area contributed by atoms with Crippen LogP contribution in [0, 0.1) is 17.5 Å². The van der Waals surface area contributed by atoms with E-state index < -0.39 is 38.1 Å². The molecular formula is C27H27F3N6O2S2. The molecule has 0 atom stereocenters. The number of piperidine rings is 1. The molecule has 0 radical (unpaired) electrons. The van der Waals surface area contributed by atoms with Crippen LogP contribution in [-0.4, -0.2) is 42.5 Å². The highest BCUT2D eigenvalue weighted by atomic mass is 32.2. The van der Waals surface area contributed by atoms with Crippen LogP contribution in [0.4, 0.5) is 24.8 Å². The summed E-state index contributed by atoms with van der Waals surface area (Å²) in [5.41, 5.74) is 1.09. The topological polar surface area (TPSA) is 109 Å². The Hall–Kier alpha value is -3.55. The molecule has 0 bridgehead atoms. The van der Waals surface area contributed by atoms with Gasteiger partial charge in [-0.3, -0.25) is 4.72 Å². The van der Waals surface area contributed by atoms with Crippen molar-refractivity contribution in [2.24, 2.45) is 0 Å². The molecule has 210 valence electrons. The van der Waals surface area contributed by atoms with E-state index in [1.165, 1.54) is 23.5 Å². The molecular weight excluding hydrogens is 561 g/mol. The molecule has 13 heteroatoms. The third-order valence-electron chi connectivity index (χ3n) is 6.37. The summed E-state index contributed by atoms with van der Waals surface area (Å²) >= 11 is 1.43. The number of nitrogens with zero attached hydrogens (tertiary/aromatic N) is 3. The number of hydrogen-bond acceptors (Lipinski definition) is 8. The molecule has 2 aromatic heterocycles. The van der Waals surface area contributed by atoms with E-state index >= 15 is 0 Å². The number of sulfonamides is 1. The van der Waals surface area contributed by atoms with Gasteiger partial charge in [0.15, 0.2) is 0 Å². The van der Waals surface area contributed by atoms with Crippen molar-refractivity contribution in [1.82, 2.24) is 20.3 Å². The number of rotatable bonds is 8. The number of hydrogen-bond donors (Lipinski definition) is 3. The second-order valence-corrected chi connectivity index (χ2v) is 12.4. The first-order valence-electron chi connectivity index (χ1n) is 12.7. The summed E-state index contributed by atoms with van der Waals surface area (Å²) in [4.78, 5) is 13.6. The van der Waals surface area contributed by atoms with E-state index in [0.717, 1.165) is 43.1 Å². The average Bonchev–Trinajstić information content (AvgIpc) is 3.38. The van der Waals surface area contributed by atoms with E-state index in [-0.39, 0.29) is 12.0 Å². The van der Waals surface area contributed by atoms with Crippen molar-refractivity contribution in [3.8, 4) is 21.8 Å². The van der Waals surface area contributed by atoms with Crippen molar-refractivity contribution in [2.75, 3.05) is 23.1 Å². The highest BCUT2D eigenvalue weighted by Crippen LogP contribution is 2.39. The second-order valence-electron chi connectivity index (χ2n) is 9.69. The summed E-state index contributed by atoms with van der Waals surface area (Å²) in [6.07, 6.45) is 3.55. The SMILES string of the molecule is CC(C)c1nc(-c2ccc(F)c(NS(=O)(=O)c3cc(F)ccc3F)c2)c(-c2ccnc(NC3CCNCC3)n2)s1. The van der Waals surface area contributed by atoms with Crippen molar-refractivity contribution < 1.29 is 21.6 Å². The minimum absolute atomic E-state index is 0.0843. The van der Waals surface area contributed by atoms with Crippen molar-refractivity contribution in [3.05, 3.63) is 71.1 Å². The molecule has 3 heterocycles. The van der Waals surface area contributed by atoms with Gasteiger partial charge in [0, 0.05) is 23.7 Å². The number of nitrogens with one attached hydrogen (secondary N) is 3. The summed E-state index contributed by atoms with van der Waals surface area (Å²) in [5, 5.41) is 7.52. The standard InChI is InChI=1S/C27H27F3N6O2S2/c1-15(2)26-35-24(25(39-26)21-9-12-32-27(34-21)33-18-7-10-31-11-8-18)16-3-5-19(29)22(13-16)36-40(37,38)23-14-17(28)4-6-20(23)30/h3-6,9,12-15,18,31,36H,7-8,10-11H2,1-2H3,(H,32,33,34). The number of halogens is 3. The van der Waals surface area contributed by atoms with E-state index in [1.54, 1.807) is 12.3 Å². The Balaban J connectivity index is 1.52. The molecule has 1 aliphatic heterocycles. The fourth-order valence-corrected chi connectivity index (χ4v) is 6.50. The first-order chi connectivity index (χ1) is 19.1. The van der Waals surface area contributed by atoms with Crippen LogP contribution in [0.1, 0.15) is 37.6 Å². The summed E-state index contributed by atoms with van der Waals surface area (Å²) < 4.78 is 70.4. The van der Waals surface area contributed by atoms with Crippen LogP contribution in [0.25, 0.3) is 21.8 Å². The number of aromatic nitrogens is 3. The predicted molar refractivity (Wildman–Crippen MR) is 149 cm³/mol. The molecule has 8 nitrogen and oxygen atoms in total. The van der Waals surface area contributed by atoms with Crippen molar-refractivity contribution in [3.63, 3.8) is 0 Å². The zero-order chi connectivity index (χ0) is 28.4. The van der Waals surface area contributed by atoms with Gasteiger partial charge in [-0.15, -0.1) is 11.3 Å². The van der Waals surface area contributed by atoms with E-state index in [1.807, 2.05) is 18.6 Å². The summed E-state index contributed by atoms with van der Waals surface area (Å²) in [5.74, 6) is -2.42. The van der Waals surface area contributed by atoms with E-state index in [2.05, 4.69) is 15.6 Å². The maximum atomic E-state index is 14.8. The largest absolute Gasteiger partial charge is 0.351 e. The van der Waals surface area contributed by atoms with Gasteiger partial charge in [0.05, 0.1) is 27.0 Å². The van der Waals surface area contributed by atoms with Crippen LogP contribution >= 0.6 is 11.3 Å². The van der Waals surface area contributed by atoms with Gasteiger partial charge in [-0.1, -0.05) is 13.8 Å². The van der Waals surface area contributed by atoms with Gasteiger partial charge in [-0.05, 0) is 68.4 Å². The Morgan fingerprint density at radius 3 is 2.50 bits per heavy atom. The predicted octanol–water partition coefficient (Wildman–Crippen LogP) is 5.77. The molecule has 0 aliphatic carbocycles. The second kappa shape index (κ2) is 11.5. The van der Waals surface area contributed by atoms with Crippen LogP contribution in [0.5, 0.6) is 0 Å².